The van der Waals surface area contributed by atoms with Crippen LogP contribution in [-0.2, 0) is 16.1 Å². The molecule has 0 spiro atoms. The lowest BCUT2D eigenvalue weighted by Crippen LogP contribution is -2.45. The second kappa shape index (κ2) is 12.6. The lowest BCUT2D eigenvalue weighted by atomic mass is 10.0. The molecule has 0 bridgehead atoms. The summed E-state index contributed by atoms with van der Waals surface area (Å²) < 4.78 is 5.43. The van der Waals surface area contributed by atoms with Gasteiger partial charge in [0.25, 0.3) is 5.91 Å². The Morgan fingerprint density at radius 2 is 1.88 bits per heavy atom. The van der Waals surface area contributed by atoms with E-state index in [9.17, 15) is 9.59 Å². The zero-order chi connectivity index (χ0) is 29.1. The average molecular weight is 599 g/mol. The first-order valence-corrected chi connectivity index (χ1v) is 14.5. The molecule has 0 saturated carbocycles. The summed E-state index contributed by atoms with van der Waals surface area (Å²) >= 11 is 12.8. The second-order valence-electron chi connectivity index (χ2n) is 10.3. The van der Waals surface area contributed by atoms with Gasteiger partial charge in [-0.1, -0.05) is 35.3 Å². The molecule has 216 valence electrons. The third-order valence-electron chi connectivity index (χ3n) is 7.43. The van der Waals surface area contributed by atoms with Gasteiger partial charge in [0.05, 0.1) is 28.0 Å². The number of rotatable bonds is 9. The highest BCUT2D eigenvalue weighted by Gasteiger charge is 2.35. The van der Waals surface area contributed by atoms with Gasteiger partial charge in [0, 0.05) is 49.7 Å². The summed E-state index contributed by atoms with van der Waals surface area (Å²) in [5.41, 5.74) is 3.35. The van der Waals surface area contributed by atoms with E-state index in [-0.39, 0.29) is 23.9 Å². The van der Waals surface area contributed by atoms with Gasteiger partial charge in [0.1, 0.15) is 11.9 Å². The number of nitrogens with one attached hydrogen (secondary N) is 3. The number of hydrogen-bond donors (Lipinski definition) is 3. The summed E-state index contributed by atoms with van der Waals surface area (Å²) in [4.78, 5) is 41.5. The second-order valence-corrected chi connectivity index (χ2v) is 11.1. The van der Waals surface area contributed by atoms with Crippen LogP contribution >= 0.6 is 23.2 Å². The summed E-state index contributed by atoms with van der Waals surface area (Å²) in [7, 11) is 0. The summed E-state index contributed by atoms with van der Waals surface area (Å²) in [5.74, 6) is 0.659. The lowest BCUT2D eigenvalue weighted by Gasteiger charge is -2.25. The van der Waals surface area contributed by atoms with E-state index in [1.165, 1.54) is 0 Å². The molecule has 0 aliphatic carbocycles. The van der Waals surface area contributed by atoms with Crippen molar-refractivity contribution < 1.29 is 14.3 Å². The fraction of sp³-hybridized carbons (Fsp3) is 0.414. The van der Waals surface area contributed by atoms with Crippen molar-refractivity contribution in [2.75, 3.05) is 30.4 Å². The number of pyridine rings is 1. The van der Waals surface area contributed by atoms with E-state index in [4.69, 9.17) is 27.9 Å². The van der Waals surface area contributed by atoms with Gasteiger partial charge >= 0.3 is 0 Å². The van der Waals surface area contributed by atoms with Crippen molar-refractivity contribution >= 4 is 46.8 Å². The first-order valence-electron chi connectivity index (χ1n) is 13.8. The number of ether oxygens (including phenoxy) is 1. The zero-order valence-corrected chi connectivity index (χ0v) is 24.7. The Labute approximate surface area is 249 Å². The Balaban J connectivity index is 1.29. The largest absolute Gasteiger partial charge is 0.381 e. The Bertz CT molecular complexity index is 1450. The van der Waals surface area contributed by atoms with Crippen LogP contribution in [0.15, 0.2) is 36.7 Å². The van der Waals surface area contributed by atoms with E-state index in [1.54, 1.807) is 30.3 Å². The monoisotopic (exact) mass is 597 g/mol. The van der Waals surface area contributed by atoms with Gasteiger partial charge in [0.2, 0.25) is 11.9 Å². The minimum absolute atomic E-state index is 0.223. The van der Waals surface area contributed by atoms with Crippen LogP contribution in [0.2, 0.25) is 10.0 Å². The van der Waals surface area contributed by atoms with Crippen LogP contribution in [0.4, 0.5) is 11.8 Å². The summed E-state index contributed by atoms with van der Waals surface area (Å²) in [6.45, 7) is 7.99. The minimum atomic E-state index is -0.701. The number of fused-ring (bicyclic) bond motifs is 1. The lowest BCUT2D eigenvalue weighted by molar-refractivity contribution is -0.125. The molecule has 3 N–H and O–H groups in total. The predicted molar refractivity (Wildman–Crippen MR) is 159 cm³/mol. The van der Waals surface area contributed by atoms with Crippen LogP contribution in [0.1, 0.15) is 61.1 Å². The average Bonchev–Trinajstić information content (AvgIpc) is 3.30. The highest BCUT2D eigenvalue weighted by molar-refractivity contribution is 6.33. The van der Waals surface area contributed by atoms with Crippen LogP contribution < -0.4 is 16.0 Å². The fourth-order valence-corrected chi connectivity index (χ4v) is 5.53. The van der Waals surface area contributed by atoms with E-state index in [2.05, 4.69) is 30.9 Å². The third kappa shape index (κ3) is 6.39. The van der Waals surface area contributed by atoms with Gasteiger partial charge in [-0.2, -0.15) is 0 Å². The predicted octanol–water partition coefficient (Wildman–Crippen LogP) is 5.09. The molecule has 0 radical (unpaired) electrons. The number of aromatic nitrogens is 3. The molecule has 2 atom stereocenters. The molecule has 1 fully saturated rings. The Kier molecular flexibility index (Phi) is 8.91. The SMILES string of the molecule is CCNc1cc([C@@H](C)NC(=O)[C@H](C)N2Cc3ccc(-c4nc(NC5CCOCC5)ncc4Cl)cc3C2=O)c(Cl)cn1. The number of anilines is 2. The first-order chi connectivity index (χ1) is 19.7. The van der Waals surface area contributed by atoms with Crippen molar-refractivity contribution in [2.24, 2.45) is 0 Å². The minimum Gasteiger partial charge on any atom is -0.381 e. The number of nitrogens with zero attached hydrogens (tertiary/aromatic N) is 4. The maximum atomic E-state index is 13.5. The van der Waals surface area contributed by atoms with Gasteiger partial charge < -0.3 is 25.6 Å². The van der Waals surface area contributed by atoms with E-state index >= 15 is 0 Å². The maximum Gasteiger partial charge on any atom is 0.255 e. The molecule has 10 nitrogen and oxygen atoms in total. The van der Waals surface area contributed by atoms with Crippen molar-refractivity contribution in [3.05, 3.63) is 63.4 Å². The molecule has 0 unspecified atom stereocenters. The van der Waals surface area contributed by atoms with Crippen LogP contribution in [0.3, 0.4) is 0 Å². The van der Waals surface area contributed by atoms with Crippen molar-refractivity contribution in [1.82, 2.24) is 25.2 Å². The molecule has 2 aromatic heterocycles. The van der Waals surface area contributed by atoms with E-state index in [1.807, 2.05) is 32.0 Å². The Hall–Kier alpha value is -3.47. The van der Waals surface area contributed by atoms with E-state index < -0.39 is 6.04 Å². The molecule has 1 saturated heterocycles. The molecule has 5 rings (SSSR count). The highest BCUT2D eigenvalue weighted by atomic mass is 35.5. The van der Waals surface area contributed by atoms with Gasteiger partial charge in [-0.15, -0.1) is 0 Å². The molecule has 3 aromatic rings. The number of halogens is 2. The molecule has 1 aromatic carbocycles. The Morgan fingerprint density at radius 1 is 1.12 bits per heavy atom. The summed E-state index contributed by atoms with van der Waals surface area (Å²) in [5, 5.41) is 10.3. The Morgan fingerprint density at radius 3 is 2.63 bits per heavy atom. The molecular weight excluding hydrogens is 565 g/mol. The zero-order valence-electron chi connectivity index (χ0n) is 23.2. The summed E-state index contributed by atoms with van der Waals surface area (Å²) in [6, 6.07) is 6.54. The van der Waals surface area contributed by atoms with Crippen LogP contribution in [0, 0.1) is 0 Å². The van der Waals surface area contributed by atoms with Gasteiger partial charge in [-0.3, -0.25) is 9.59 Å². The molecule has 4 heterocycles. The number of carbonyl (C=O) groups excluding carboxylic acids is 2. The standard InChI is InChI=1S/C29H33Cl2N7O3/c1-4-32-25-12-21(23(30)13-33-25)16(2)35-27(39)17(3)38-15-19-6-5-18(11-22(19)28(38)40)26-24(31)14-34-29(37-26)36-20-7-9-41-10-8-20/h5-6,11-14,16-17,20H,4,7-10,15H2,1-3H3,(H,32,33)(H,35,39)(H,34,36,37)/t16-,17+/m1/s1. The smallest absolute Gasteiger partial charge is 0.255 e. The molecular formula is C29H33Cl2N7O3. The number of amides is 2. The topological polar surface area (TPSA) is 121 Å². The van der Waals surface area contributed by atoms with Crippen LogP contribution in [0.25, 0.3) is 11.3 Å². The first kappa shape index (κ1) is 29.0. The third-order valence-corrected chi connectivity index (χ3v) is 8.02. The van der Waals surface area contributed by atoms with Crippen LogP contribution in [0.5, 0.6) is 0 Å². The highest BCUT2D eigenvalue weighted by Crippen LogP contribution is 2.33. The van der Waals surface area contributed by atoms with Gasteiger partial charge in [-0.25, -0.2) is 15.0 Å². The van der Waals surface area contributed by atoms with Crippen LogP contribution in [-0.4, -0.2) is 63.5 Å². The molecule has 2 aliphatic heterocycles. The van der Waals surface area contributed by atoms with Crippen molar-refractivity contribution in [2.45, 2.75) is 58.3 Å². The van der Waals surface area contributed by atoms with Crippen molar-refractivity contribution in [1.29, 1.82) is 0 Å². The number of carbonyl (C=O) groups is 2. The summed E-state index contributed by atoms with van der Waals surface area (Å²) in [6.07, 6.45) is 4.88. The van der Waals surface area contributed by atoms with E-state index in [0.717, 1.165) is 24.0 Å². The molecule has 41 heavy (non-hydrogen) atoms. The van der Waals surface area contributed by atoms with Crippen molar-refractivity contribution in [3.8, 4) is 11.3 Å². The fourth-order valence-electron chi connectivity index (χ4n) is 5.06. The van der Waals surface area contributed by atoms with Gasteiger partial charge in [0.15, 0.2) is 0 Å². The van der Waals surface area contributed by atoms with Gasteiger partial charge in [-0.05, 0) is 56.9 Å². The normalized spacial score (nSPS) is 16.7. The molecule has 12 heteroatoms. The molecule has 2 amide bonds. The quantitative estimate of drug-likeness (QED) is 0.312. The van der Waals surface area contributed by atoms with E-state index in [0.29, 0.717) is 64.9 Å². The molecule has 2 aliphatic rings. The number of hydrogen-bond acceptors (Lipinski definition) is 8. The maximum absolute atomic E-state index is 13.5. The number of benzene rings is 1. The van der Waals surface area contributed by atoms with Crippen molar-refractivity contribution in [3.63, 3.8) is 0 Å².